The highest BCUT2D eigenvalue weighted by Crippen LogP contribution is 2.30. The van der Waals surface area contributed by atoms with Gasteiger partial charge in [0.15, 0.2) is 5.82 Å². The fourth-order valence-corrected chi connectivity index (χ4v) is 2.21. The molecule has 0 radical (unpaired) electrons. The van der Waals surface area contributed by atoms with Gasteiger partial charge < -0.3 is 0 Å². The van der Waals surface area contributed by atoms with Crippen LogP contribution in [0.15, 0.2) is 24.3 Å². The molecule has 1 heterocycles. The van der Waals surface area contributed by atoms with Crippen molar-refractivity contribution in [2.24, 2.45) is 0 Å². The number of nitrogens with zero attached hydrogens (tertiary/aromatic N) is 2. The van der Waals surface area contributed by atoms with Gasteiger partial charge >= 0.3 is 0 Å². The van der Waals surface area contributed by atoms with Crippen molar-refractivity contribution in [2.75, 3.05) is 0 Å². The van der Waals surface area contributed by atoms with E-state index in [1.165, 1.54) is 11.5 Å². The number of aromatic nitrogens is 2. The molecule has 0 N–H and O–H groups in total. The molecule has 0 saturated heterocycles. The molecular weight excluding hydrogens is 240 g/mol. The van der Waals surface area contributed by atoms with Gasteiger partial charge in [-0.1, -0.05) is 44.5 Å². The lowest BCUT2D eigenvalue weighted by atomic mass is 9.98. The van der Waals surface area contributed by atoms with E-state index in [9.17, 15) is 0 Å². The second-order valence-corrected chi connectivity index (χ2v) is 5.81. The summed E-state index contributed by atoms with van der Waals surface area (Å²) < 4.78 is 4.36. The summed E-state index contributed by atoms with van der Waals surface area (Å²) in [6.07, 6.45) is 0. The van der Waals surface area contributed by atoms with Crippen LogP contribution in [0.1, 0.15) is 25.8 Å². The minimum absolute atomic E-state index is 0.0389. The first-order valence-corrected chi connectivity index (χ1v) is 6.23. The van der Waals surface area contributed by atoms with Crippen LogP contribution in [-0.2, 0) is 5.41 Å². The molecule has 1 aromatic heterocycles. The first-order chi connectivity index (χ1) is 7.48. The highest BCUT2D eigenvalue weighted by molar-refractivity contribution is 7.05. The van der Waals surface area contributed by atoms with E-state index in [1.54, 1.807) is 0 Å². The standard InChI is InChI=1S/C12H13ClN2S/c1-12(2,3)11-14-10(15-16-11)8-6-4-5-7-9(8)13/h4-7H,1-3H3. The summed E-state index contributed by atoms with van der Waals surface area (Å²) in [5.74, 6) is 0.723. The lowest BCUT2D eigenvalue weighted by Crippen LogP contribution is -2.10. The minimum Gasteiger partial charge on any atom is -0.219 e. The third kappa shape index (κ3) is 2.25. The number of benzene rings is 1. The van der Waals surface area contributed by atoms with Crippen LogP contribution in [0, 0.1) is 0 Å². The third-order valence-corrected chi connectivity index (χ3v) is 3.65. The fourth-order valence-electron chi connectivity index (χ4n) is 1.28. The van der Waals surface area contributed by atoms with Crippen LogP contribution in [0.3, 0.4) is 0 Å². The maximum atomic E-state index is 6.11. The predicted octanol–water partition coefficient (Wildman–Crippen LogP) is 4.16. The summed E-state index contributed by atoms with van der Waals surface area (Å²) in [7, 11) is 0. The largest absolute Gasteiger partial charge is 0.219 e. The van der Waals surface area contributed by atoms with Crippen molar-refractivity contribution in [3.63, 3.8) is 0 Å². The first kappa shape index (κ1) is 11.6. The molecule has 0 spiro atoms. The molecule has 0 amide bonds. The highest BCUT2D eigenvalue weighted by Gasteiger charge is 2.20. The monoisotopic (exact) mass is 252 g/mol. The molecule has 0 aliphatic carbocycles. The van der Waals surface area contributed by atoms with Gasteiger partial charge in [0.1, 0.15) is 5.01 Å². The molecule has 0 aliphatic rings. The smallest absolute Gasteiger partial charge is 0.174 e. The van der Waals surface area contributed by atoms with Crippen molar-refractivity contribution in [1.82, 2.24) is 9.36 Å². The molecule has 2 nitrogen and oxygen atoms in total. The van der Waals surface area contributed by atoms with E-state index in [2.05, 4.69) is 30.1 Å². The zero-order chi connectivity index (χ0) is 11.8. The number of hydrogen-bond acceptors (Lipinski definition) is 3. The molecule has 0 bridgehead atoms. The van der Waals surface area contributed by atoms with Crippen LogP contribution in [0.2, 0.25) is 5.02 Å². The van der Waals surface area contributed by atoms with Gasteiger partial charge in [0.05, 0.1) is 5.02 Å². The van der Waals surface area contributed by atoms with Crippen molar-refractivity contribution in [2.45, 2.75) is 26.2 Å². The fraction of sp³-hybridized carbons (Fsp3) is 0.333. The van der Waals surface area contributed by atoms with Gasteiger partial charge in [-0.25, -0.2) is 4.98 Å². The first-order valence-electron chi connectivity index (χ1n) is 5.07. The number of hydrogen-bond donors (Lipinski definition) is 0. The van der Waals surface area contributed by atoms with Crippen molar-refractivity contribution in [3.05, 3.63) is 34.3 Å². The Hall–Kier alpha value is -0.930. The summed E-state index contributed by atoms with van der Waals surface area (Å²) in [6, 6.07) is 7.65. The van der Waals surface area contributed by atoms with Crippen LogP contribution < -0.4 is 0 Å². The van der Waals surface area contributed by atoms with Gasteiger partial charge in [0.25, 0.3) is 0 Å². The molecule has 0 unspecified atom stereocenters. The van der Waals surface area contributed by atoms with Gasteiger partial charge in [-0.2, -0.15) is 4.37 Å². The molecule has 16 heavy (non-hydrogen) atoms. The van der Waals surface area contributed by atoms with Gasteiger partial charge in [-0.05, 0) is 23.7 Å². The van der Waals surface area contributed by atoms with Gasteiger partial charge in [-0.3, -0.25) is 0 Å². The van der Waals surface area contributed by atoms with Crippen molar-refractivity contribution in [1.29, 1.82) is 0 Å². The molecule has 2 rings (SSSR count). The summed E-state index contributed by atoms with van der Waals surface area (Å²) >= 11 is 7.55. The van der Waals surface area contributed by atoms with Crippen LogP contribution >= 0.6 is 23.1 Å². The molecular formula is C12H13ClN2S. The topological polar surface area (TPSA) is 25.8 Å². The van der Waals surface area contributed by atoms with Crippen molar-refractivity contribution < 1.29 is 0 Å². The Morgan fingerprint density at radius 1 is 1.19 bits per heavy atom. The van der Waals surface area contributed by atoms with Crippen molar-refractivity contribution in [3.8, 4) is 11.4 Å². The Bertz CT molecular complexity index is 500. The Morgan fingerprint density at radius 3 is 2.44 bits per heavy atom. The van der Waals surface area contributed by atoms with Crippen LogP contribution in [0.4, 0.5) is 0 Å². The summed E-state index contributed by atoms with van der Waals surface area (Å²) in [4.78, 5) is 4.54. The van der Waals surface area contributed by atoms with Crippen LogP contribution in [0.5, 0.6) is 0 Å². The summed E-state index contributed by atoms with van der Waals surface area (Å²) in [5.41, 5.74) is 0.938. The Kier molecular flexibility index (Phi) is 3.00. The molecule has 2 aromatic rings. The van der Waals surface area contributed by atoms with E-state index in [4.69, 9.17) is 11.6 Å². The van der Waals surface area contributed by atoms with E-state index in [0.29, 0.717) is 5.02 Å². The molecule has 0 saturated carbocycles. The average molecular weight is 253 g/mol. The Balaban J connectivity index is 2.44. The van der Waals surface area contributed by atoms with Gasteiger partial charge in [0.2, 0.25) is 0 Å². The van der Waals surface area contributed by atoms with E-state index in [1.807, 2.05) is 24.3 Å². The second-order valence-electron chi connectivity index (χ2n) is 4.65. The zero-order valence-electron chi connectivity index (χ0n) is 9.49. The van der Waals surface area contributed by atoms with Crippen LogP contribution in [-0.4, -0.2) is 9.36 Å². The summed E-state index contributed by atoms with van der Waals surface area (Å²) in [5, 5.41) is 1.73. The van der Waals surface area contributed by atoms with Crippen molar-refractivity contribution >= 4 is 23.1 Å². The summed E-state index contributed by atoms with van der Waals surface area (Å²) in [6.45, 7) is 6.39. The maximum Gasteiger partial charge on any atom is 0.174 e. The molecule has 4 heteroatoms. The Morgan fingerprint density at radius 2 is 1.88 bits per heavy atom. The van der Waals surface area contributed by atoms with E-state index in [0.717, 1.165) is 16.4 Å². The highest BCUT2D eigenvalue weighted by atomic mass is 35.5. The zero-order valence-corrected chi connectivity index (χ0v) is 11.1. The van der Waals surface area contributed by atoms with Crippen LogP contribution in [0.25, 0.3) is 11.4 Å². The SMILES string of the molecule is CC(C)(C)c1nc(-c2ccccc2Cl)ns1. The van der Waals surface area contributed by atoms with E-state index in [-0.39, 0.29) is 5.41 Å². The molecule has 0 atom stereocenters. The molecule has 0 fully saturated rings. The third-order valence-electron chi connectivity index (χ3n) is 2.18. The number of halogens is 1. The lowest BCUT2D eigenvalue weighted by molar-refractivity contribution is 0.586. The van der Waals surface area contributed by atoms with E-state index < -0.39 is 0 Å². The predicted molar refractivity (Wildman–Crippen MR) is 69.1 cm³/mol. The second kappa shape index (κ2) is 4.15. The minimum atomic E-state index is 0.0389. The number of rotatable bonds is 1. The van der Waals surface area contributed by atoms with Gasteiger partial charge in [0, 0.05) is 11.0 Å². The molecule has 0 aliphatic heterocycles. The molecule has 84 valence electrons. The molecule has 1 aromatic carbocycles. The average Bonchev–Trinajstić information content (AvgIpc) is 2.66. The maximum absolute atomic E-state index is 6.11. The quantitative estimate of drug-likeness (QED) is 0.762. The normalized spacial score (nSPS) is 11.8. The van der Waals surface area contributed by atoms with E-state index >= 15 is 0 Å². The van der Waals surface area contributed by atoms with Gasteiger partial charge in [-0.15, -0.1) is 0 Å². The lowest BCUT2D eigenvalue weighted by Gasteiger charge is -2.12. The Labute approximate surface area is 104 Å².